The van der Waals surface area contributed by atoms with E-state index in [0.717, 1.165) is 16.6 Å². The largest absolute Gasteiger partial charge is 0.465 e. The predicted octanol–water partition coefficient (Wildman–Crippen LogP) is 2.17. The van der Waals surface area contributed by atoms with Crippen LogP contribution in [0.3, 0.4) is 0 Å². The molecule has 1 aromatic carbocycles. The average Bonchev–Trinajstić information content (AvgIpc) is 2.72. The zero-order chi connectivity index (χ0) is 12.3. The summed E-state index contributed by atoms with van der Waals surface area (Å²) in [6.45, 7) is 2.49. The highest BCUT2D eigenvalue weighted by molar-refractivity contribution is 5.93. The number of hydrogen-bond acceptors (Lipinski definition) is 3. The number of carbonyl (C=O) groups excluding carboxylic acids is 1. The molecule has 1 heterocycles. The van der Waals surface area contributed by atoms with E-state index in [1.165, 1.54) is 0 Å². The van der Waals surface area contributed by atoms with Crippen LogP contribution in [-0.4, -0.2) is 31.2 Å². The van der Waals surface area contributed by atoms with Crippen molar-refractivity contribution in [1.82, 2.24) is 4.98 Å². The second kappa shape index (κ2) is 4.91. The van der Waals surface area contributed by atoms with Gasteiger partial charge in [-0.25, -0.2) is 0 Å². The molecule has 0 amide bonds. The van der Waals surface area contributed by atoms with E-state index in [0.29, 0.717) is 6.61 Å². The molecule has 90 valence electrons. The summed E-state index contributed by atoms with van der Waals surface area (Å²) in [4.78, 5) is 16.5. The normalized spacial score (nSPS) is 10.5. The van der Waals surface area contributed by atoms with Gasteiger partial charge in [0.2, 0.25) is 0 Å². The number of esters is 1. The highest BCUT2D eigenvalue weighted by Gasteiger charge is 2.11. The van der Waals surface area contributed by atoms with Gasteiger partial charge in [0.05, 0.1) is 12.3 Å². The Bertz CT molecular complexity index is 519. The number of rotatable bonds is 4. The van der Waals surface area contributed by atoms with E-state index in [9.17, 15) is 4.79 Å². The lowest BCUT2D eigenvalue weighted by molar-refractivity contribution is -0.141. The summed E-state index contributed by atoms with van der Waals surface area (Å²) < 4.78 is 4.93. The molecule has 1 N–H and O–H groups in total. The topological polar surface area (TPSA) is 45.3 Å². The van der Waals surface area contributed by atoms with Gasteiger partial charge in [-0.3, -0.25) is 4.79 Å². The molecule has 0 aliphatic heterocycles. The number of aromatic nitrogens is 1. The Balaban J connectivity index is 2.19. The fraction of sp³-hybridized carbons (Fsp3) is 0.308. The molecule has 0 atom stereocenters. The number of fused-ring (bicyclic) bond motifs is 1. The predicted molar refractivity (Wildman–Crippen MR) is 68.2 cm³/mol. The first kappa shape index (κ1) is 11.5. The SMILES string of the molecule is CCOC(=O)CN(C)c1c[nH]c2ccccc12. The van der Waals surface area contributed by atoms with Crippen LogP contribution >= 0.6 is 0 Å². The van der Waals surface area contributed by atoms with Crippen molar-refractivity contribution in [2.24, 2.45) is 0 Å². The number of hydrogen-bond donors (Lipinski definition) is 1. The average molecular weight is 232 g/mol. The lowest BCUT2D eigenvalue weighted by Gasteiger charge is -2.16. The minimum atomic E-state index is -0.208. The smallest absolute Gasteiger partial charge is 0.325 e. The Morgan fingerprint density at radius 3 is 2.94 bits per heavy atom. The van der Waals surface area contributed by atoms with Gasteiger partial charge in [-0.05, 0) is 13.0 Å². The number of carbonyl (C=O) groups is 1. The van der Waals surface area contributed by atoms with Gasteiger partial charge in [-0.15, -0.1) is 0 Å². The summed E-state index contributed by atoms with van der Waals surface area (Å²) in [6.07, 6.45) is 1.91. The third kappa shape index (κ3) is 2.41. The third-order valence-corrected chi connectivity index (χ3v) is 2.65. The van der Waals surface area contributed by atoms with Crippen LogP contribution in [0.15, 0.2) is 30.5 Å². The van der Waals surface area contributed by atoms with E-state index in [1.807, 2.05) is 49.3 Å². The summed E-state index contributed by atoms with van der Waals surface area (Å²) in [5, 5.41) is 1.11. The van der Waals surface area contributed by atoms with Crippen molar-refractivity contribution >= 4 is 22.6 Å². The standard InChI is InChI=1S/C13H16N2O2/c1-3-17-13(16)9-15(2)12-8-14-11-7-5-4-6-10(11)12/h4-8,14H,3,9H2,1-2H3. The molecule has 2 aromatic rings. The highest BCUT2D eigenvalue weighted by Crippen LogP contribution is 2.25. The van der Waals surface area contributed by atoms with Crippen LogP contribution in [0, 0.1) is 0 Å². The van der Waals surface area contributed by atoms with Gasteiger partial charge in [0.25, 0.3) is 0 Å². The summed E-state index contributed by atoms with van der Waals surface area (Å²) >= 11 is 0. The second-order valence-corrected chi connectivity index (χ2v) is 3.88. The van der Waals surface area contributed by atoms with Crippen molar-refractivity contribution in [3.63, 3.8) is 0 Å². The molecule has 0 aliphatic rings. The first-order valence-corrected chi connectivity index (χ1v) is 5.65. The quantitative estimate of drug-likeness (QED) is 0.822. The molecule has 0 aliphatic carbocycles. The molecule has 2 rings (SSSR count). The number of ether oxygens (including phenoxy) is 1. The summed E-state index contributed by atoms with van der Waals surface area (Å²) in [7, 11) is 1.88. The van der Waals surface area contributed by atoms with Crippen molar-refractivity contribution in [1.29, 1.82) is 0 Å². The van der Waals surface area contributed by atoms with Crippen LogP contribution in [-0.2, 0) is 9.53 Å². The fourth-order valence-corrected chi connectivity index (χ4v) is 1.86. The minimum Gasteiger partial charge on any atom is -0.465 e. The van der Waals surface area contributed by atoms with Crippen molar-refractivity contribution in [2.45, 2.75) is 6.92 Å². The van der Waals surface area contributed by atoms with Crippen LogP contribution in [0.1, 0.15) is 6.92 Å². The number of benzene rings is 1. The lowest BCUT2D eigenvalue weighted by atomic mass is 10.2. The Hall–Kier alpha value is -1.97. The van der Waals surface area contributed by atoms with E-state index < -0.39 is 0 Å². The molecule has 1 aromatic heterocycles. The molecule has 0 radical (unpaired) electrons. The number of nitrogens with one attached hydrogen (secondary N) is 1. The van der Waals surface area contributed by atoms with Crippen molar-refractivity contribution in [3.05, 3.63) is 30.5 Å². The Morgan fingerprint density at radius 2 is 2.18 bits per heavy atom. The maximum absolute atomic E-state index is 11.4. The zero-order valence-electron chi connectivity index (χ0n) is 10.1. The highest BCUT2D eigenvalue weighted by atomic mass is 16.5. The fourth-order valence-electron chi connectivity index (χ4n) is 1.86. The first-order valence-electron chi connectivity index (χ1n) is 5.65. The lowest BCUT2D eigenvalue weighted by Crippen LogP contribution is -2.26. The molecular formula is C13H16N2O2. The maximum Gasteiger partial charge on any atom is 0.325 e. The molecule has 0 saturated heterocycles. The van der Waals surface area contributed by atoms with Gasteiger partial charge < -0.3 is 14.6 Å². The van der Waals surface area contributed by atoms with Crippen LogP contribution in [0.2, 0.25) is 0 Å². The van der Waals surface area contributed by atoms with E-state index in [1.54, 1.807) is 0 Å². The summed E-state index contributed by atoms with van der Waals surface area (Å²) in [6, 6.07) is 8.01. The molecule has 4 heteroatoms. The van der Waals surface area contributed by atoms with Crippen LogP contribution in [0.5, 0.6) is 0 Å². The first-order chi connectivity index (χ1) is 8.22. The zero-order valence-corrected chi connectivity index (χ0v) is 10.1. The number of nitrogens with zero attached hydrogens (tertiary/aromatic N) is 1. The van der Waals surface area contributed by atoms with Gasteiger partial charge in [-0.1, -0.05) is 18.2 Å². The maximum atomic E-state index is 11.4. The van der Waals surface area contributed by atoms with Crippen molar-refractivity contribution in [2.75, 3.05) is 25.1 Å². The van der Waals surface area contributed by atoms with Gasteiger partial charge in [0.1, 0.15) is 6.54 Å². The second-order valence-electron chi connectivity index (χ2n) is 3.88. The number of anilines is 1. The Morgan fingerprint density at radius 1 is 1.41 bits per heavy atom. The molecule has 0 saturated carbocycles. The third-order valence-electron chi connectivity index (χ3n) is 2.65. The molecule has 0 unspecified atom stereocenters. The Labute approximate surface area is 100 Å². The molecule has 4 nitrogen and oxygen atoms in total. The monoisotopic (exact) mass is 232 g/mol. The number of likely N-dealkylation sites (N-methyl/N-ethyl adjacent to an activating group) is 1. The van der Waals surface area contributed by atoms with Crippen molar-refractivity contribution < 1.29 is 9.53 Å². The van der Waals surface area contributed by atoms with Crippen LogP contribution < -0.4 is 4.90 Å². The molecule has 17 heavy (non-hydrogen) atoms. The molecule has 0 fully saturated rings. The minimum absolute atomic E-state index is 0.208. The number of para-hydroxylation sites is 1. The number of H-pyrrole nitrogens is 1. The van der Waals surface area contributed by atoms with Gasteiger partial charge in [0, 0.05) is 24.1 Å². The van der Waals surface area contributed by atoms with Crippen LogP contribution in [0.25, 0.3) is 10.9 Å². The van der Waals surface area contributed by atoms with Gasteiger partial charge in [0.15, 0.2) is 0 Å². The molecular weight excluding hydrogens is 216 g/mol. The summed E-state index contributed by atoms with van der Waals surface area (Å²) in [5.41, 5.74) is 2.08. The van der Waals surface area contributed by atoms with E-state index in [4.69, 9.17) is 4.74 Å². The van der Waals surface area contributed by atoms with E-state index >= 15 is 0 Å². The van der Waals surface area contributed by atoms with Crippen molar-refractivity contribution in [3.8, 4) is 0 Å². The Kier molecular flexibility index (Phi) is 3.32. The molecule has 0 bridgehead atoms. The molecule has 0 spiro atoms. The van der Waals surface area contributed by atoms with E-state index in [2.05, 4.69) is 4.98 Å². The van der Waals surface area contributed by atoms with E-state index in [-0.39, 0.29) is 12.5 Å². The number of aromatic amines is 1. The van der Waals surface area contributed by atoms with Crippen LogP contribution in [0.4, 0.5) is 5.69 Å². The van der Waals surface area contributed by atoms with Gasteiger partial charge in [-0.2, -0.15) is 0 Å². The van der Waals surface area contributed by atoms with Gasteiger partial charge >= 0.3 is 5.97 Å². The summed E-state index contributed by atoms with van der Waals surface area (Å²) in [5.74, 6) is -0.208.